The molecule has 0 fully saturated rings. The molecule has 0 radical (unpaired) electrons. The summed E-state index contributed by atoms with van der Waals surface area (Å²) in [4.78, 5) is 16.7. The SMILES string of the molecule is O=C(Cc1ccc2c(c1)OCO2)NCC1Cc2cc(F)cc(-c3ccccn3)c2O1. The summed E-state index contributed by atoms with van der Waals surface area (Å²) in [6.07, 6.45) is 2.15. The largest absolute Gasteiger partial charge is 0.487 e. The van der Waals surface area contributed by atoms with E-state index >= 15 is 0 Å². The molecule has 2 aliphatic rings. The number of nitrogens with one attached hydrogen (secondary N) is 1. The molecule has 152 valence electrons. The number of hydrogen-bond acceptors (Lipinski definition) is 5. The molecule has 1 amide bonds. The van der Waals surface area contributed by atoms with Gasteiger partial charge in [0.05, 0.1) is 18.7 Å². The van der Waals surface area contributed by atoms with Crippen molar-refractivity contribution in [2.75, 3.05) is 13.3 Å². The molecule has 1 aromatic heterocycles. The molecule has 5 rings (SSSR count). The minimum absolute atomic E-state index is 0.121. The van der Waals surface area contributed by atoms with Gasteiger partial charge >= 0.3 is 0 Å². The summed E-state index contributed by atoms with van der Waals surface area (Å²) in [7, 11) is 0. The van der Waals surface area contributed by atoms with Crippen molar-refractivity contribution in [3.05, 3.63) is 71.7 Å². The summed E-state index contributed by atoms with van der Waals surface area (Å²) in [6, 6.07) is 13.8. The van der Waals surface area contributed by atoms with Crippen LogP contribution in [0.5, 0.6) is 17.2 Å². The van der Waals surface area contributed by atoms with E-state index in [2.05, 4.69) is 10.3 Å². The van der Waals surface area contributed by atoms with Gasteiger partial charge in [-0.25, -0.2) is 4.39 Å². The van der Waals surface area contributed by atoms with Gasteiger partial charge in [0.25, 0.3) is 0 Å². The predicted octanol–water partition coefficient (Wildman–Crippen LogP) is 3.28. The number of halogens is 1. The molecule has 0 saturated carbocycles. The Labute approximate surface area is 172 Å². The number of carbonyl (C=O) groups excluding carboxylic acids is 1. The molecule has 0 spiro atoms. The first-order valence-electron chi connectivity index (χ1n) is 9.71. The van der Waals surface area contributed by atoms with E-state index in [1.165, 1.54) is 12.1 Å². The number of ether oxygens (including phenoxy) is 3. The Bertz CT molecular complexity index is 1100. The van der Waals surface area contributed by atoms with Gasteiger partial charge in [0.2, 0.25) is 12.7 Å². The third kappa shape index (κ3) is 3.66. The maximum Gasteiger partial charge on any atom is 0.231 e. The first kappa shape index (κ1) is 18.4. The fourth-order valence-electron chi connectivity index (χ4n) is 3.75. The van der Waals surface area contributed by atoms with E-state index in [1.807, 2.05) is 30.3 Å². The standard InChI is InChI=1S/C23H19FN2O4/c24-16-9-15-10-17(30-23(15)18(11-16)19-3-1-2-6-25-19)12-26-22(27)8-14-4-5-20-21(7-14)29-13-28-20/h1-7,9,11,17H,8,10,12-13H2,(H,26,27). The molecule has 2 aromatic carbocycles. The predicted molar refractivity (Wildman–Crippen MR) is 107 cm³/mol. The van der Waals surface area contributed by atoms with Crippen molar-refractivity contribution >= 4 is 5.91 Å². The number of fused-ring (bicyclic) bond motifs is 2. The number of benzene rings is 2. The Balaban J connectivity index is 1.23. The normalized spacial score (nSPS) is 16.1. The van der Waals surface area contributed by atoms with Crippen LogP contribution in [0.1, 0.15) is 11.1 Å². The lowest BCUT2D eigenvalue weighted by Crippen LogP contribution is -2.35. The van der Waals surface area contributed by atoms with Gasteiger partial charge in [-0.05, 0) is 42.0 Å². The molecule has 0 bridgehead atoms. The zero-order valence-corrected chi connectivity index (χ0v) is 16.1. The Kier molecular flexibility index (Phi) is 4.71. The van der Waals surface area contributed by atoms with Gasteiger partial charge in [-0.2, -0.15) is 0 Å². The van der Waals surface area contributed by atoms with E-state index in [4.69, 9.17) is 14.2 Å². The summed E-state index contributed by atoms with van der Waals surface area (Å²) >= 11 is 0. The van der Waals surface area contributed by atoms with Gasteiger partial charge in [0.1, 0.15) is 17.7 Å². The van der Waals surface area contributed by atoms with Gasteiger partial charge < -0.3 is 19.5 Å². The molecule has 7 heteroatoms. The van der Waals surface area contributed by atoms with Crippen molar-refractivity contribution in [3.63, 3.8) is 0 Å². The lowest BCUT2D eigenvalue weighted by atomic mass is 10.0. The van der Waals surface area contributed by atoms with E-state index in [0.29, 0.717) is 41.5 Å². The summed E-state index contributed by atoms with van der Waals surface area (Å²) in [6.45, 7) is 0.535. The number of rotatable bonds is 5. The monoisotopic (exact) mass is 406 g/mol. The van der Waals surface area contributed by atoms with Crippen molar-refractivity contribution in [3.8, 4) is 28.5 Å². The highest BCUT2D eigenvalue weighted by Crippen LogP contribution is 2.39. The Morgan fingerprint density at radius 1 is 1.13 bits per heavy atom. The summed E-state index contributed by atoms with van der Waals surface area (Å²) in [5, 5.41) is 2.90. The summed E-state index contributed by atoms with van der Waals surface area (Å²) < 4.78 is 30.8. The summed E-state index contributed by atoms with van der Waals surface area (Å²) in [5.74, 6) is 1.52. The average molecular weight is 406 g/mol. The van der Waals surface area contributed by atoms with Crippen molar-refractivity contribution < 1.29 is 23.4 Å². The van der Waals surface area contributed by atoms with Crippen LogP contribution in [0, 0.1) is 5.82 Å². The fourth-order valence-corrected chi connectivity index (χ4v) is 3.75. The molecular weight excluding hydrogens is 387 g/mol. The Morgan fingerprint density at radius 2 is 2.03 bits per heavy atom. The van der Waals surface area contributed by atoms with E-state index in [-0.39, 0.29) is 31.0 Å². The van der Waals surface area contributed by atoms with E-state index in [1.54, 1.807) is 12.3 Å². The average Bonchev–Trinajstić information content (AvgIpc) is 3.38. The second-order valence-corrected chi connectivity index (χ2v) is 7.27. The van der Waals surface area contributed by atoms with E-state index in [9.17, 15) is 9.18 Å². The van der Waals surface area contributed by atoms with Gasteiger partial charge in [-0.15, -0.1) is 0 Å². The topological polar surface area (TPSA) is 69.7 Å². The summed E-state index contributed by atoms with van der Waals surface area (Å²) in [5.41, 5.74) is 2.90. The van der Waals surface area contributed by atoms with Crippen molar-refractivity contribution in [2.45, 2.75) is 18.9 Å². The molecule has 3 aromatic rings. The van der Waals surface area contributed by atoms with Crippen LogP contribution >= 0.6 is 0 Å². The molecule has 2 aliphatic heterocycles. The lowest BCUT2D eigenvalue weighted by molar-refractivity contribution is -0.120. The zero-order chi connectivity index (χ0) is 20.5. The van der Waals surface area contributed by atoms with Crippen LogP contribution in [0.2, 0.25) is 0 Å². The molecule has 3 heterocycles. The smallest absolute Gasteiger partial charge is 0.231 e. The molecular formula is C23H19FN2O4. The molecule has 30 heavy (non-hydrogen) atoms. The quantitative estimate of drug-likeness (QED) is 0.704. The third-order valence-electron chi connectivity index (χ3n) is 5.13. The molecule has 6 nitrogen and oxygen atoms in total. The number of pyridine rings is 1. The van der Waals surface area contributed by atoms with Crippen LogP contribution < -0.4 is 19.5 Å². The lowest BCUT2D eigenvalue weighted by Gasteiger charge is -2.13. The second-order valence-electron chi connectivity index (χ2n) is 7.27. The number of hydrogen-bond donors (Lipinski definition) is 1. The van der Waals surface area contributed by atoms with Gasteiger partial charge in [-0.3, -0.25) is 9.78 Å². The number of amides is 1. The minimum Gasteiger partial charge on any atom is -0.487 e. The van der Waals surface area contributed by atoms with Crippen LogP contribution in [0.4, 0.5) is 4.39 Å². The molecule has 1 N–H and O–H groups in total. The first-order chi connectivity index (χ1) is 14.7. The van der Waals surface area contributed by atoms with E-state index in [0.717, 1.165) is 11.1 Å². The van der Waals surface area contributed by atoms with Crippen molar-refractivity contribution in [2.24, 2.45) is 0 Å². The highest BCUT2D eigenvalue weighted by Gasteiger charge is 2.27. The maximum absolute atomic E-state index is 14.1. The zero-order valence-electron chi connectivity index (χ0n) is 16.1. The van der Waals surface area contributed by atoms with E-state index < -0.39 is 0 Å². The minimum atomic E-state index is -0.328. The highest BCUT2D eigenvalue weighted by atomic mass is 19.1. The molecule has 0 saturated heterocycles. The van der Waals surface area contributed by atoms with Gasteiger partial charge in [0.15, 0.2) is 11.5 Å². The molecule has 1 unspecified atom stereocenters. The van der Waals surface area contributed by atoms with Crippen LogP contribution in [0.25, 0.3) is 11.3 Å². The third-order valence-corrected chi connectivity index (χ3v) is 5.13. The number of carbonyl (C=O) groups is 1. The van der Waals surface area contributed by atoms with Gasteiger partial charge in [0, 0.05) is 23.7 Å². The van der Waals surface area contributed by atoms with Crippen LogP contribution in [0.3, 0.4) is 0 Å². The number of aromatic nitrogens is 1. The van der Waals surface area contributed by atoms with Crippen LogP contribution in [-0.2, 0) is 17.6 Å². The fraction of sp³-hybridized carbons (Fsp3) is 0.217. The Hall–Kier alpha value is -3.61. The van der Waals surface area contributed by atoms with Gasteiger partial charge in [-0.1, -0.05) is 12.1 Å². The van der Waals surface area contributed by atoms with Crippen molar-refractivity contribution in [1.29, 1.82) is 0 Å². The Morgan fingerprint density at radius 3 is 2.90 bits per heavy atom. The molecule has 0 aliphatic carbocycles. The second kappa shape index (κ2) is 7.67. The number of nitrogens with zero attached hydrogens (tertiary/aromatic N) is 1. The maximum atomic E-state index is 14.1. The van der Waals surface area contributed by atoms with Crippen LogP contribution in [0.15, 0.2) is 54.7 Å². The highest BCUT2D eigenvalue weighted by molar-refractivity contribution is 5.79. The van der Waals surface area contributed by atoms with Crippen molar-refractivity contribution in [1.82, 2.24) is 10.3 Å². The first-order valence-corrected chi connectivity index (χ1v) is 9.71. The van der Waals surface area contributed by atoms with Crippen LogP contribution in [-0.4, -0.2) is 30.3 Å². The molecule has 1 atom stereocenters.